The van der Waals surface area contributed by atoms with Gasteiger partial charge in [-0.05, 0) is 31.6 Å². The number of nitrogens with zero attached hydrogens (tertiary/aromatic N) is 1. The van der Waals surface area contributed by atoms with E-state index in [4.69, 9.17) is 0 Å². The molecule has 0 aliphatic heterocycles. The second-order valence-corrected chi connectivity index (χ2v) is 3.68. The van der Waals surface area contributed by atoms with Crippen LogP contribution in [0.4, 0.5) is 0 Å². The third kappa shape index (κ3) is 2.21. The molecule has 1 fully saturated rings. The summed E-state index contributed by atoms with van der Waals surface area (Å²) in [6, 6.07) is 0.517. The SMILES string of the molecule is CC1CCC(N(C)C=O)CC1. The molecule has 0 saturated heterocycles. The fraction of sp³-hybridized carbons (Fsp3) is 0.889. The zero-order valence-electron chi connectivity index (χ0n) is 7.42. The summed E-state index contributed by atoms with van der Waals surface area (Å²) in [6.07, 6.45) is 5.89. The lowest BCUT2D eigenvalue weighted by atomic mass is 9.87. The Morgan fingerprint density at radius 3 is 2.27 bits per heavy atom. The predicted octanol–water partition coefficient (Wildman–Crippen LogP) is 1.65. The first-order valence-electron chi connectivity index (χ1n) is 4.41. The first kappa shape index (κ1) is 8.57. The maximum atomic E-state index is 10.4. The molecule has 0 aromatic rings. The highest BCUT2D eigenvalue weighted by atomic mass is 16.1. The van der Waals surface area contributed by atoms with Crippen LogP contribution in [0.25, 0.3) is 0 Å². The smallest absolute Gasteiger partial charge is 0.209 e. The topological polar surface area (TPSA) is 20.3 Å². The second-order valence-electron chi connectivity index (χ2n) is 3.68. The molecule has 0 bridgehead atoms. The number of carbonyl (C=O) groups is 1. The van der Waals surface area contributed by atoms with Gasteiger partial charge in [0.1, 0.15) is 0 Å². The molecule has 0 N–H and O–H groups in total. The van der Waals surface area contributed by atoms with Gasteiger partial charge in [0.15, 0.2) is 0 Å². The molecule has 0 aromatic carbocycles. The molecule has 1 aliphatic rings. The normalized spacial score (nSPS) is 31.5. The Morgan fingerprint density at radius 2 is 1.82 bits per heavy atom. The molecule has 0 radical (unpaired) electrons. The molecular formula is C9H17NO. The van der Waals surface area contributed by atoms with Crippen LogP contribution in [0.3, 0.4) is 0 Å². The van der Waals surface area contributed by atoms with Crippen molar-refractivity contribution >= 4 is 6.41 Å². The number of carbonyl (C=O) groups excluding carboxylic acids is 1. The second kappa shape index (κ2) is 3.74. The van der Waals surface area contributed by atoms with Crippen LogP contribution >= 0.6 is 0 Å². The maximum Gasteiger partial charge on any atom is 0.209 e. The van der Waals surface area contributed by atoms with Crippen LogP contribution in [-0.4, -0.2) is 24.4 Å². The molecule has 2 nitrogen and oxygen atoms in total. The van der Waals surface area contributed by atoms with Gasteiger partial charge in [-0.15, -0.1) is 0 Å². The van der Waals surface area contributed by atoms with Crippen molar-refractivity contribution in [2.75, 3.05) is 7.05 Å². The van der Waals surface area contributed by atoms with Gasteiger partial charge >= 0.3 is 0 Å². The average molecular weight is 155 g/mol. The van der Waals surface area contributed by atoms with Gasteiger partial charge in [-0.1, -0.05) is 6.92 Å². The van der Waals surface area contributed by atoms with E-state index in [1.165, 1.54) is 25.7 Å². The molecule has 1 aliphatic carbocycles. The van der Waals surface area contributed by atoms with E-state index in [1.54, 1.807) is 0 Å². The summed E-state index contributed by atoms with van der Waals surface area (Å²) >= 11 is 0. The van der Waals surface area contributed by atoms with Crippen LogP contribution in [0.1, 0.15) is 32.6 Å². The summed E-state index contributed by atoms with van der Waals surface area (Å²) in [5.74, 6) is 0.867. The van der Waals surface area contributed by atoms with Gasteiger partial charge in [0.2, 0.25) is 6.41 Å². The summed E-state index contributed by atoms with van der Waals surface area (Å²) < 4.78 is 0. The largest absolute Gasteiger partial charge is 0.345 e. The van der Waals surface area contributed by atoms with Crippen molar-refractivity contribution in [2.45, 2.75) is 38.6 Å². The fourth-order valence-corrected chi connectivity index (χ4v) is 1.74. The number of rotatable bonds is 2. The van der Waals surface area contributed by atoms with Gasteiger partial charge in [0.05, 0.1) is 0 Å². The van der Waals surface area contributed by atoms with E-state index in [2.05, 4.69) is 6.92 Å². The van der Waals surface area contributed by atoms with Gasteiger partial charge < -0.3 is 4.90 Å². The lowest BCUT2D eigenvalue weighted by Gasteiger charge is -2.31. The van der Waals surface area contributed by atoms with Crippen molar-refractivity contribution < 1.29 is 4.79 Å². The fourth-order valence-electron chi connectivity index (χ4n) is 1.74. The molecule has 1 rings (SSSR count). The Balaban J connectivity index is 2.32. The van der Waals surface area contributed by atoms with Gasteiger partial charge in [-0.25, -0.2) is 0 Å². The van der Waals surface area contributed by atoms with Gasteiger partial charge in [-0.3, -0.25) is 4.79 Å². The third-order valence-electron chi connectivity index (χ3n) is 2.73. The highest BCUT2D eigenvalue weighted by molar-refractivity contribution is 5.47. The minimum Gasteiger partial charge on any atom is -0.345 e. The number of hydrogen-bond acceptors (Lipinski definition) is 1. The minimum atomic E-state index is 0.517. The summed E-state index contributed by atoms with van der Waals surface area (Å²) in [7, 11) is 1.88. The highest BCUT2D eigenvalue weighted by Gasteiger charge is 2.20. The predicted molar refractivity (Wildman–Crippen MR) is 45.2 cm³/mol. The Kier molecular flexibility index (Phi) is 2.92. The molecular weight excluding hydrogens is 138 g/mol. The van der Waals surface area contributed by atoms with Gasteiger partial charge in [0, 0.05) is 13.1 Å². The van der Waals surface area contributed by atoms with Crippen LogP contribution in [0, 0.1) is 5.92 Å². The molecule has 1 amide bonds. The summed E-state index contributed by atoms with van der Waals surface area (Å²) in [5.41, 5.74) is 0. The monoisotopic (exact) mass is 155 g/mol. The first-order valence-corrected chi connectivity index (χ1v) is 4.41. The molecule has 0 aromatic heterocycles. The Morgan fingerprint density at radius 1 is 1.27 bits per heavy atom. The zero-order valence-corrected chi connectivity index (χ0v) is 7.42. The van der Waals surface area contributed by atoms with Crippen LogP contribution < -0.4 is 0 Å². The third-order valence-corrected chi connectivity index (χ3v) is 2.73. The maximum absolute atomic E-state index is 10.4. The van der Waals surface area contributed by atoms with E-state index in [9.17, 15) is 4.79 Å². The van der Waals surface area contributed by atoms with Crippen molar-refractivity contribution in [3.63, 3.8) is 0 Å². The summed E-state index contributed by atoms with van der Waals surface area (Å²) in [5, 5.41) is 0. The molecule has 64 valence electrons. The zero-order chi connectivity index (χ0) is 8.27. The molecule has 2 heteroatoms. The van der Waals surface area contributed by atoms with Crippen LogP contribution in [0.5, 0.6) is 0 Å². The Labute approximate surface area is 68.6 Å². The van der Waals surface area contributed by atoms with Crippen molar-refractivity contribution in [3.8, 4) is 0 Å². The molecule has 0 heterocycles. The first-order chi connectivity index (χ1) is 5.24. The summed E-state index contributed by atoms with van der Waals surface area (Å²) in [6.45, 7) is 2.29. The lowest BCUT2D eigenvalue weighted by molar-refractivity contribution is -0.119. The van der Waals surface area contributed by atoms with E-state index in [-0.39, 0.29) is 0 Å². The van der Waals surface area contributed by atoms with Crippen LogP contribution in [0.2, 0.25) is 0 Å². The molecule has 0 atom stereocenters. The van der Waals surface area contributed by atoms with E-state index in [0.717, 1.165) is 12.3 Å². The van der Waals surface area contributed by atoms with Crippen molar-refractivity contribution in [1.29, 1.82) is 0 Å². The number of hydrogen-bond donors (Lipinski definition) is 0. The van der Waals surface area contributed by atoms with Gasteiger partial charge in [0.25, 0.3) is 0 Å². The average Bonchev–Trinajstić information content (AvgIpc) is 2.05. The van der Waals surface area contributed by atoms with Gasteiger partial charge in [-0.2, -0.15) is 0 Å². The quantitative estimate of drug-likeness (QED) is 0.555. The standard InChI is InChI=1S/C9H17NO/c1-8-3-5-9(6-4-8)10(2)7-11/h7-9H,3-6H2,1-2H3. The van der Waals surface area contributed by atoms with E-state index < -0.39 is 0 Å². The van der Waals surface area contributed by atoms with Crippen LogP contribution in [0.15, 0.2) is 0 Å². The Hall–Kier alpha value is -0.530. The molecule has 0 unspecified atom stereocenters. The minimum absolute atomic E-state index is 0.517. The van der Waals surface area contributed by atoms with Crippen molar-refractivity contribution in [2.24, 2.45) is 5.92 Å². The molecule has 11 heavy (non-hydrogen) atoms. The van der Waals surface area contributed by atoms with E-state index in [0.29, 0.717) is 6.04 Å². The molecule has 1 saturated carbocycles. The Bertz CT molecular complexity index is 128. The van der Waals surface area contributed by atoms with Crippen LogP contribution in [-0.2, 0) is 4.79 Å². The number of amides is 1. The summed E-state index contributed by atoms with van der Waals surface area (Å²) in [4.78, 5) is 12.2. The van der Waals surface area contributed by atoms with E-state index in [1.807, 2.05) is 11.9 Å². The van der Waals surface area contributed by atoms with E-state index >= 15 is 0 Å². The van der Waals surface area contributed by atoms with Crippen molar-refractivity contribution in [3.05, 3.63) is 0 Å². The lowest BCUT2D eigenvalue weighted by Crippen LogP contribution is -2.33. The van der Waals surface area contributed by atoms with Crippen molar-refractivity contribution in [1.82, 2.24) is 4.90 Å². The molecule has 0 spiro atoms. The highest BCUT2D eigenvalue weighted by Crippen LogP contribution is 2.25.